The highest BCUT2D eigenvalue weighted by Crippen LogP contribution is 2.20. The van der Waals surface area contributed by atoms with Gasteiger partial charge in [0.1, 0.15) is 6.04 Å². The molecular formula is C15H23NO3S. The summed E-state index contributed by atoms with van der Waals surface area (Å²) in [5.41, 5.74) is 1.81. The Hall–Kier alpha value is -1.20. The van der Waals surface area contributed by atoms with E-state index in [9.17, 15) is 9.00 Å². The number of rotatable bonds is 5. The average Bonchev–Trinajstić information content (AvgIpc) is 2.34. The van der Waals surface area contributed by atoms with Gasteiger partial charge in [-0.25, -0.2) is 13.7 Å². The maximum absolute atomic E-state index is 12.2. The number of ether oxygens (including phenoxy) is 1. The molecule has 5 heteroatoms. The number of hydrogen-bond acceptors (Lipinski definition) is 3. The average molecular weight is 297 g/mol. The molecule has 0 spiro atoms. The zero-order valence-electron chi connectivity index (χ0n) is 12.7. The lowest BCUT2D eigenvalue weighted by atomic mass is 10.1. The molecule has 0 aromatic heterocycles. The van der Waals surface area contributed by atoms with Gasteiger partial charge in [0.2, 0.25) is 0 Å². The molecule has 0 saturated carbocycles. The van der Waals surface area contributed by atoms with Gasteiger partial charge in [-0.1, -0.05) is 29.8 Å². The van der Waals surface area contributed by atoms with Crippen molar-refractivity contribution in [2.24, 2.45) is 0 Å². The van der Waals surface area contributed by atoms with Crippen LogP contribution in [0, 0.1) is 6.92 Å². The summed E-state index contributed by atoms with van der Waals surface area (Å²) in [4.78, 5) is 12.1. The van der Waals surface area contributed by atoms with Crippen LogP contribution in [0.5, 0.6) is 0 Å². The molecule has 0 aliphatic rings. The van der Waals surface area contributed by atoms with Crippen LogP contribution in [-0.2, 0) is 20.5 Å². The lowest BCUT2D eigenvalue weighted by Crippen LogP contribution is -2.39. The summed E-state index contributed by atoms with van der Waals surface area (Å²) in [5, 5.41) is 0. The van der Waals surface area contributed by atoms with Crippen LogP contribution in [0.4, 0.5) is 0 Å². The summed E-state index contributed by atoms with van der Waals surface area (Å²) >= 11 is 0. The molecule has 4 nitrogen and oxygen atoms in total. The minimum atomic E-state index is -1.35. The maximum Gasteiger partial charge on any atom is 0.328 e. The molecule has 0 amide bonds. The topological polar surface area (TPSA) is 55.4 Å². The summed E-state index contributed by atoms with van der Waals surface area (Å²) in [5.74, 6) is -0.407. The van der Waals surface area contributed by atoms with Crippen molar-refractivity contribution in [2.75, 3.05) is 6.61 Å². The minimum absolute atomic E-state index is 0.297. The quantitative estimate of drug-likeness (QED) is 0.850. The van der Waals surface area contributed by atoms with E-state index in [0.717, 1.165) is 11.1 Å². The molecule has 0 saturated heterocycles. The number of aryl methyl sites for hydroxylation is 1. The van der Waals surface area contributed by atoms with Gasteiger partial charge in [-0.2, -0.15) is 0 Å². The first-order valence-electron chi connectivity index (χ1n) is 6.67. The van der Waals surface area contributed by atoms with Crippen molar-refractivity contribution in [3.8, 4) is 0 Å². The number of hydrogen-bond donors (Lipinski definition) is 1. The molecule has 0 bridgehead atoms. The fourth-order valence-corrected chi connectivity index (χ4v) is 2.41. The van der Waals surface area contributed by atoms with E-state index >= 15 is 0 Å². The first kappa shape index (κ1) is 16.9. The molecule has 20 heavy (non-hydrogen) atoms. The molecule has 0 aliphatic carbocycles. The monoisotopic (exact) mass is 297 g/mol. The molecule has 1 rings (SSSR count). The SMILES string of the molecule is CCOC(=O)[C@H](NS(=O)C(C)(C)C)c1cccc(C)c1. The summed E-state index contributed by atoms with van der Waals surface area (Å²) in [6.07, 6.45) is 0. The van der Waals surface area contributed by atoms with Gasteiger partial charge in [-0.05, 0) is 40.2 Å². The zero-order valence-corrected chi connectivity index (χ0v) is 13.5. The smallest absolute Gasteiger partial charge is 0.328 e. The third-order valence-corrected chi connectivity index (χ3v) is 4.24. The highest BCUT2D eigenvalue weighted by Gasteiger charge is 2.28. The van der Waals surface area contributed by atoms with Crippen molar-refractivity contribution < 1.29 is 13.7 Å². The van der Waals surface area contributed by atoms with Crippen molar-refractivity contribution in [1.82, 2.24) is 4.72 Å². The molecule has 1 aromatic carbocycles. The lowest BCUT2D eigenvalue weighted by molar-refractivity contribution is -0.145. The van der Waals surface area contributed by atoms with E-state index in [4.69, 9.17) is 4.74 Å². The van der Waals surface area contributed by atoms with Crippen LogP contribution in [0.15, 0.2) is 24.3 Å². The van der Waals surface area contributed by atoms with Crippen molar-refractivity contribution in [3.63, 3.8) is 0 Å². The second-order valence-electron chi connectivity index (χ2n) is 5.60. The van der Waals surface area contributed by atoms with E-state index in [-0.39, 0.29) is 0 Å². The Kier molecular flexibility index (Phi) is 5.89. The minimum Gasteiger partial charge on any atom is -0.465 e. The van der Waals surface area contributed by atoms with Crippen molar-refractivity contribution in [3.05, 3.63) is 35.4 Å². The molecule has 1 unspecified atom stereocenters. The zero-order chi connectivity index (χ0) is 15.3. The highest BCUT2D eigenvalue weighted by atomic mass is 32.2. The first-order chi connectivity index (χ1) is 9.25. The standard InChI is InChI=1S/C15H23NO3S/c1-6-19-14(17)13(16-20(18)15(3,4)5)12-9-7-8-11(2)10-12/h7-10,13,16H,6H2,1-5H3/t13-,20?/m1/s1. The number of esters is 1. The fraction of sp³-hybridized carbons (Fsp3) is 0.533. The summed E-state index contributed by atoms with van der Waals surface area (Å²) < 4.78 is 19.7. The number of benzene rings is 1. The van der Waals surface area contributed by atoms with Gasteiger partial charge in [-0.15, -0.1) is 0 Å². The third-order valence-electron chi connectivity index (χ3n) is 2.68. The Morgan fingerprint density at radius 1 is 1.40 bits per heavy atom. The van der Waals surface area contributed by atoms with Crippen molar-refractivity contribution in [2.45, 2.75) is 45.4 Å². The molecule has 1 N–H and O–H groups in total. The number of carbonyl (C=O) groups excluding carboxylic acids is 1. The van der Waals surface area contributed by atoms with E-state index in [1.807, 2.05) is 52.0 Å². The van der Waals surface area contributed by atoms with Crippen molar-refractivity contribution >= 4 is 17.0 Å². The van der Waals surface area contributed by atoms with Crippen LogP contribution in [-0.4, -0.2) is 21.5 Å². The molecule has 1 aromatic rings. The van der Waals surface area contributed by atoms with E-state index in [0.29, 0.717) is 6.61 Å². The largest absolute Gasteiger partial charge is 0.465 e. The first-order valence-corrected chi connectivity index (χ1v) is 7.82. The van der Waals surface area contributed by atoms with Crippen LogP contribution >= 0.6 is 0 Å². The van der Waals surface area contributed by atoms with Crippen LogP contribution in [0.1, 0.15) is 44.9 Å². The van der Waals surface area contributed by atoms with E-state index in [2.05, 4.69) is 4.72 Å². The van der Waals surface area contributed by atoms with Gasteiger partial charge < -0.3 is 4.74 Å². The molecule has 0 aliphatic heterocycles. The van der Waals surface area contributed by atoms with Crippen molar-refractivity contribution in [1.29, 1.82) is 0 Å². The lowest BCUT2D eigenvalue weighted by Gasteiger charge is -2.23. The molecular weight excluding hydrogens is 274 g/mol. The molecule has 0 heterocycles. The maximum atomic E-state index is 12.2. The Morgan fingerprint density at radius 2 is 2.05 bits per heavy atom. The van der Waals surface area contributed by atoms with Gasteiger partial charge in [-0.3, -0.25) is 0 Å². The number of nitrogens with one attached hydrogen (secondary N) is 1. The van der Waals surface area contributed by atoms with E-state index in [1.165, 1.54) is 0 Å². The van der Waals surface area contributed by atoms with Gasteiger partial charge in [0.25, 0.3) is 0 Å². The van der Waals surface area contributed by atoms with Crippen LogP contribution < -0.4 is 4.72 Å². The Morgan fingerprint density at radius 3 is 2.55 bits per heavy atom. The summed E-state index contributed by atoms with van der Waals surface area (Å²) in [6, 6.07) is 6.84. The third kappa shape index (κ3) is 4.72. The van der Waals surface area contributed by atoms with Gasteiger partial charge in [0.15, 0.2) is 0 Å². The van der Waals surface area contributed by atoms with Crippen LogP contribution in [0.2, 0.25) is 0 Å². The fourth-order valence-electron chi connectivity index (χ4n) is 1.61. The van der Waals surface area contributed by atoms with Gasteiger partial charge in [0.05, 0.1) is 22.3 Å². The molecule has 0 fully saturated rings. The second-order valence-corrected chi connectivity index (χ2v) is 7.60. The van der Waals surface area contributed by atoms with Gasteiger partial charge in [0, 0.05) is 0 Å². The Labute approximate surface area is 123 Å². The predicted octanol–water partition coefficient (Wildman–Crippen LogP) is 2.65. The van der Waals surface area contributed by atoms with Crippen LogP contribution in [0.3, 0.4) is 0 Å². The summed E-state index contributed by atoms with van der Waals surface area (Å²) in [6.45, 7) is 9.57. The van der Waals surface area contributed by atoms with Gasteiger partial charge >= 0.3 is 5.97 Å². The number of carbonyl (C=O) groups is 1. The Balaban J connectivity index is 3.03. The molecule has 112 valence electrons. The van der Waals surface area contributed by atoms with E-state index < -0.39 is 27.7 Å². The molecule has 0 radical (unpaired) electrons. The van der Waals surface area contributed by atoms with Crippen LogP contribution in [0.25, 0.3) is 0 Å². The predicted molar refractivity (Wildman–Crippen MR) is 81.6 cm³/mol. The summed E-state index contributed by atoms with van der Waals surface area (Å²) in [7, 11) is -1.35. The normalized spacial score (nSPS) is 14.7. The Bertz CT molecular complexity index is 494. The van der Waals surface area contributed by atoms with E-state index in [1.54, 1.807) is 6.92 Å². The highest BCUT2D eigenvalue weighted by molar-refractivity contribution is 7.84. The molecule has 2 atom stereocenters. The second kappa shape index (κ2) is 6.99.